The molecule has 0 spiro atoms. The van der Waals surface area contributed by atoms with Crippen molar-refractivity contribution in [1.29, 1.82) is 0 Å². The lowest BCUT2D eigenvalue weighted by molar-refractivity contribution is -0.137. The van der Waals surface area contributed by atoms with Crippen LogP contribution < -0.4 is 0 Å². The van der Waals surface area contributed by atoms with Crippen LogP contribution in [0.1, 0.15) is 17.5 Å². The van der Waals surface area contributed by atoms with Gasteiger partial charge in [0.25, 0.3) is 0 Å². The van der Waals surface area contributed by atoms with Crippen molar-refractivity contribution in [3.05, 3.63) is 35.4 Å². The summed E-state index contributed by atoms with van der Waals surface area (Å²) in [6.45, 7) is 0.598. The highest BCUT2D eigenvalue weighted by atomic mass is 79.9. The average Bonchev–Trinajstić information content (AvgIpc) is 2.26. The fourth-order valence-electron chi connectivity index (χ4n) is 1.45. The van der Waals surface area contributed by atoms with Crippen molar-refractivity contribution >= 4 is 15.9 Å². The predicted octanol–water partition coefficient (Wildman–Crippen LogP) is 4.05. The zero-order valence-electron chi connectivity index (χ0n) is 9.43. The van der Waals surface area contributed by atoms with Crippen LogP contribution in [0.15, 0.2) is 24.3 Å². The molecule has 5 heteroatoms. The molecule has 0 saturated carbocycles. The van der Waals surface area contributed by atoms with Gasteiger partial charge in [0.15, 0.2) is 0 Å². The predicted molar refractivity (Wildman–Crippen MR) is 64.4 cm³/mol. The molecule has 0 bridgehead atoms. The van der Waals surface area contributed by atoms with E-state index in [2.05, 4.69) is 15.9 Å². The van der Waals surface area contributed by atoms with Crippen molar-refractivity contribution in [2.24, 2.45) is 0 Å². The maximum absolute atomic E-state index is 12.3. The molecule has 0 aliphatic rings. The van der Waals surface area contributed by atoms with Crippen LogP contribution in [0.2, 0.25) is 0 Å². The van der Waals surface area contributed by atoms with Gasteiger partial charge in [-0.15, -0.1) is 0 Å². The molecule has 1 nitrogen and oxygen atoms in total. The molecule has 96 valence electrons. The molecule has 1 atom stereocenters. The summed E-state index contributed by atoms with van der Waals surface area (Å²) in [7, 11) is 1.62. The molecule has 0 amide bonds. The lowest BCUT2D eigenvalue weighted by Gasteiger charge is -2.10. The second kappa shape index (κ2) is 6.40. The van der Waals surface area contributed by atoms with Crippen LogP contribution in [-0.2, 0) is 17.3 Å². The van der Waals surface area contributed by atoms with Gasteiger partial charge in [-0.25, -0.2) is 0 Å². The van der Waals surface area contributed by atoms with Crippen molar-refractivity contribution in [3.63, 3.8) is 0 Å². The minimum Gasteiger partial charge on any atom is -0.384 e. The van der Waals surface area contributed by atoms with Gasteiger partial charge < -0.3 is 4.74 Å². The largest absolute Gasteiger partial charge is 0.416 e. The van der Waals surface area contributed by atoms with E-state index in [1.54, 1.807) is 7.11 Å². The number of halogens is 4. The van der Waals surface area contributed by atoms with Gasteiger partial charge in [0.05, 0.1) is 12.2 Å². The number of benzene rings is 1. The topological polar surface area (TPSA) is 9.23 Å². The number of rotatable bonds is 5. The van der Waals surface area contributed by atoms with Crippen LogP contribution in [0.4, 0.5) is 13.2 Å². The molecular weight excluding hydrogens is 297 g/mol. The SMILES string of the molecule is COCC(Br)CCc1ccc(C(F)(F)F)cc1. The second-order valence-corrected chi connectivity index (χ2v) is 5.08. The summed E-state index contributed by atoms with van der Waals surface area (Å²) < 4.78 is 41.9. The highest BCUT2D eigenvalue weighted by molar-refractivity contribution is 9.09. The molecular formula is C12H14BrF3O. The Labute approximate surface area is 107 Å². The van der Waals surface area contributed by atoms with E-state index in [9.17, 15) is 13.2 Å². The van der Waals surface area contributed by atoms with Gasteiger partial charge in [0.2, 0.25) is 0 Å². The Morgan fingerprint density at radius 1 is 1.24 bits per heavy atom. The fourth-order valence-corrected chi connectivity index (χ4v) is 1.94. The molecule has 0 N–H and O–H groups in total. The number of ether oxygens (including phenoxy) is 1. The minimum atomic E-state index is -4.26. The molecule has 0 fully saturated rings. The number of aryl methyl sites for hydroxylation is 1. The lowest BCUT2D eigenvalue weighted by atomic mass is 10.1. The average molecular weight is 311 g/mol. The van der Waals surface area contributed by atoms with E-state index in [4.69, 9.17) is 4.74 Å². The van der Waals surface area contributed by atoms with Crippen LogP contribution in [0.5, 0.6) is 0 Å². The number of methoxy groups -OCH3 is 1. The Hall–Kier alpha value is -0.550. The Balaban J connectivity index is 2.51. The molecule has 1 rings (SSSR count). The zero-order chi connectivity index (χ0) is 12.9. The molecule has 1 unspecified atom stereocenters. The van der Waals surface area contributed by atoms with E-state index in [0.29, 0.717) is 6.61 Å². The highest BCUT2D eigenvalue weighted by Crippen LogP contribution is 2.29. The first kappa shape index (κ1) is 14.5. The van der Waals surface area contributed by atoms with Gasteiger partial charge in [-0.3, -0.25) is 0 Å². The van der Waals surface area contributed by atoms with Crippen molar-refractivity contribution < 1.29 is 17.9 Å². The van der Waals surface area contributed by atoms with Gasteiger partial charge in [-0.1, -0.05) is 28.1 Å². The third kappa shape index (κ3) is 5.08. The quantitative estimate of drug-likeness (QED) is 0.746. The molecule has 0 aromatic heterocycles. The van der Waals surface area contributed by atoms with Gasteiger partial charge in [-0.2, -0.15) is 13.2 Å². The summed E-state index contributed by atoms with van der Waals surface area (Å²) in [4.78, 5) is 0.231. The fraction of sp³-hybridized carbons (Fsp3) is 0.500. The van der Waals surface area contributed by atoms with Gasteiger partial charge >= 0.3 is 6.18 Å². The van der Waals surface area contributed by atoms with Gasteiger partial charge in [0.1, 0.15) is 0 Å². The van der Waals surface area contributed by atoms with Gasteiger partial charge in [0, 0.05) is 11.9 Å². The van der Waals surface area contributed by atoms with E-state index < -0.39 is 11.7 Å². The first-order valence-corrected chi connectivity index (χ1v) is 6.14. The molecule has 0 saturated heterocycles. The minimum absolute atomic E-state index is 0.231. The zero-order valence-corrected chi connectivity index (χ0v) is 11.0. The summed E-state index contributed by atoms with van der Waals surface area (Å²) in [6.07, 6.45) is -2.69. The monoisotopic (exact) mass is 310 g/mol. The molecule has 0 heterocycles. The Morgan fingerprint density at radius 3 is 2.29 bits per heavy atom. The maximum Gasteiger partial charge on any atom is 0.416 e. The van der Waals surface area contributed by atoms with Crippen molar-refractivity contribution in [3.8, 4) is 0 Å². The van der Waals surface area contributed by atoms with E-state index in [1.165, 1.54) is 12.1 Å². The van der Waals surface area contributed by atoms with Crippen LogP contribution >= 0.6 is 15.9 Å². The summed E-state index contributed by atoms with van der Waals surface area (Å²) in [6, 6.07) is 5.29. The van der Waals surface area contributed by atoms with Gasteiger partial charge in [-0.05, 0) is 30.5 Å². The second-order valence-electron chi connectivity index (χ2n) is 3.79. The van der Waals surface area contributed by atoms with E-state index in [-0.39, 0.29) is 4.83 Å². The molecule has 0 radical (unpaired) electrons. The lowest BCUT2D eigenvalue weighted by Crippen LogP contribution is -2.08. The van der Waals surface area contributed by atoms with Crippen LogP contribution in [0.25, 0.3) is 0 Å². The molecule has 0 aliphatic heterocycles. The number of hydrogen-bond acceptors (Lipinski definition) is 1. The number of hydrogen-bond donors (Lipinski definition) is 0. The van der Waals surface area contributed by atoms with Crippen LogP contribution in [-0.4, -0.2) is 18.5 Å². The smallest absolute Gasteiger partial charge is 0.384 e. The maximum atomic E-state index is 12.3. The molecule has 1 aromatic rings. The third-order valence-corrected chi connectivity index (χ3v) is 3.10. The standard InChI is InChI=1S/C12H14BrF3O/c1-17-8-11(13)7-4-9-2-5-10(6-3-9)12(14,15)16/h2-3,5-6,11H,4,7-8H2,1H3. The Kier molecular flexibility index (Phi) is 5.46. The summed E-state index contributed by atoms with van der Waals surface area (Å²) in [5.74, 6) is 0. The Bertz CT molecular complexity index is 335. The van der Waals surface area contributed by atoms with Crippen molar-refractivity contribution in [2.45, 2.75) is 23.8 Å². The Morgan fingerprint density at radius 2 is 1.82 bits per heavy atom. The summed E-state index contributed by atoms with van der Waals surface area (Å²) in [5, 5.41) is 0. The van der Waals surface area contributed by atoms with Crippen LogP contribution in [0, 0.1) is 0 Å². The summed E-state index contributed by atoms with van der Waals surface area (Å²) >= 11 is 3.44. The highest BCUT2D eigenvalue weighted by Gasteiger charge is 2.29. The normalized spacial score (nSPS) is 13.7. The molecule has 1 aromatic carbocycles. The molecule has 0 aliphatic carbocycles. The number of alkyl halides is 4. The van der Waals surface area contributed by atoms with E-state index >= 15 is 0 Å². The van der Waals surface area contributed by atoms with E-state index in [0.717, 1.165) is 30.5 Å². The summed E-state index contributed by atoms with van der Waals surface area (Å²) in [5.41, 5.74) is 0.298. The van der Waals surface area contributed by atoms with E-state index in [1.807, 2.05) is 0 Å². The molecule has 17 heavy (non-hydrogen) atoms. The van der Waals surface area contributed by atoms with Crippen LogP contribution in [0.3, 0.4) is 0 Å². The van der Waals surface area contributed by atoms with Crippen molar-refractivity contribution in [1.82, 2.24) is 0 Å². The third-order valence-electron chi connectivity index (χ3n) is 2.38. The van der Waals surface area contributed by atoms with Crippen molar-refractivity contribution in [2.75, 3.05) is 13.7 Å². The first-order valence-electron chi connectivity index (χ1n) is 5.22. The first-order chi connectivity index (χ1) is 7.93.